The standard InChI is InChI=1S/C18H29N3O3/c1-14-19-17(20-24-14)18(10-13-23-2)8-11-21(12-9-18)16(22)15-6-4-3-5-7-15/h15H,3-13H2,1-2H3. The number of aromatic nitrogens is 2. The second-order valence-electron chi connectivity index (χ2n) is 7.32. The molecule has 0 unspecified atom stereocenters. The van der Waals surface area contributed by atoms with E-state index in [9.17, 15) is 4.79 Å². The summed E-state index contributed by atoms with van der Waals surface area (Å²) in [5.41, 5.74) is -0.128. The SMILES string of the molecule is COCCC1(c2noc(C)n2)CCN(C(=O)C2CCCCC2)CC1. The van der Waals surface area contributed by atoms with Crippen LogP contribution in [-0.4, -0.2) is 47.8 Å². The molecule has 0 radical (unpaired) electrons. The quantitative estimate of drug-likeness (QED) is 0.827. The first-order valence-corrected chi connectivity index (χ1v) is 9.23. The highest BCUT2D eigenvalue weighted by molar-refractivity contribution is 5.79. The van der Waals surface area contributed by atoms with Crippen LogP contribution in [0.3, 0.4) is 0 Å². The number of aryl methyl sites for hydroxylation is 1. The molecule has 24 heavy (non-hydrogen) atoms. The van der Waals surface area contributed by atoms with Crippen molar-refractivity contribution < 1.29 is 14.1 Å². The van der Waals surface area contributed by atoms with Crippen LogP contribution in [0.4, 0.5) is 0 Å². The van der Waals surface area contributed by atoms with Gasteiger partial charge in [0.05, 0.1) is 0 Å². The molecule has 1 aliphatic heterocycles. The number of hydrogen-bond donors (Lipinski definition) is 0. The van der Waals surface area contributed by atoms with Gasteiger partial charge in [-0.15, -0.1) is 0 Å². The van der Waals surface area contributed by atoms with E-state index in [1.165, 1.54) is 19.3 Å². The summed E-state index contributed by atoms with van der Waals surface area (Å²) in [5.74, 6) is 1.99. The summed E-state index contributed by atoms with van der Waals surface area (Å²) in [6.07, 6.45) is 8.44. The summed E-state index contributed by atoms with van der Waals surface area (Å²) in [5, 5.41) is 4.18. The Bertz CT molecular complexity index is 543. The van der Waals surface area contributed by atoms with Gasteiger partial charge in [0.15, 0.2) is 5.82 Å². The Kier molecular flexibility index (Phi) is 5.54. The lowest BCUT2D eigenvalue weighted by Gasteiger charge is -2.41. The van der Waals surface area contributed by atoms with Crippen LogP contribution in [0.2, 0.25) is 0 Å². The van der Waals surface area contributed by atoms with Crippen molar-refractivity contribution in [1.82, 2.24) is 15.0 Å². The molecule has 1 aromatic rings. The van der Waals surface area contributed by atoms with Crippen molar-refractivity contribution in [2.24, 2.45) is 5.92 Å². The lowest BCUT2D eigenvalue weighted by Crippen LogP contribution is -2.48. The molecule has 134 valence electrons. The third kappa shape index (κ3) is 3.63. The molecule has 1 saturated carbocycles. The molecular weight excluding hydrogens is 306 g/mol. The molecule has 0 atom stereocenters. The maximum atomic E-state index is 12.8. The Balaban J connectivity index is 1.66. The Morgan fingerprint density at radius 1 is 1.29 bits per heavy atom. The van der Waals surface area contributed by atoms with E-state index in [0.29, 0.717) is 18.4 Å². The van der Waals surface area contributed by atoms with Crippen LogP contribution >= 0.6 is 0 Å². The predicted molar refractivity (Wildman–Crippen MR) is 89.6 cm³/mol. The molecule has 1 saturated heterocycles. The highest BCUT2D eigenvalue weighted by atomic mass is 16.5. The minimum absolute atomic E-state index is 0.128. The van der Waals surface area contributed by atoms with Gasteiger partial charge in [0, 0.05) is 45.1 Å². The summed E-state index contributed by atoms with van der Waals surface area (Å²) in [4.78, 5) is 19.3. The van der Waals surface area contributed by atoms with Gasteiger partial charge >= 0.3 is 0 Å². The lowest BCUT2D eigenvalue weighted by atomic mass is 9.74. The summed E-state index contributed by atoms with van der Waals surface area (Å²) < 4.78 is 10.5. The van der Waals surface area contributed by atoms with Gasteiger partial charge in [0.2, 0.25) is 11.8 Å². The minimum Gasteiger partial charge on any atom is -0.385 e. The van der Waals surface area contributed by atoms with Crippen LogP contribution in [0.5, 0.6) is 0 Å². The Morgan fingerprint density at radius 3 is 2.58 bits per heavy atom. The van der Waals surface area contributed by atoms with Gasteiger partial charge < -0.3 is 14.2 Å². The van der Waals surface area contributed by atoms with Crippen LogP contribution in [0, 0.1) is 12.8 Å². The monoisotopic (exact) mass is 335 g/mol. The zero-order valence-electron chi connectivity index (χ0n) is 14.9. The maximum absolute atomic E-state index is 12.8. The number of likely N-dealkylation sites (tertiary alicyclic amines) is 1. The van der Waals surface area contributed by atoms with E-state index < -0.39 is 0 Å². The van der Waals surface area contributed by atoms with Crippen molar-refractivity contribution in [3.8, 4) is 0 Å². The molecule has 1 aromatic heterocycles. The normalized spacial score (nSPS) is 21.8. The zero-order chi connectivity index (χ0) is 17.0. The average Bonchev–Trinajstić information content (AvgIpc) is 3.07. The predicted octanol–water partition coefficient (Wildman–Crippen LogP) is 2.86. The molecule has 0 spiro atoms. The van der Waals surface area contributed by atoms with Crippen molar-refractivity contribution in [2.75, 3.05) is 26.8 Å². The molecule has 0 aromatic carbocycles. The molecule has 2 fully saturated rings. The van der Waals surface area contributed by atoms with Crippen molar-refractivity contribution in [3.05, 3.63) is 11.7 Å². The zero-order valence-corrected chi connectivity index (χ0v) is 14.9. The van der Waals surface area contributed by atoms with Crippen molar-refractivity contribution in [1.29, 1.82) is 0 Å². The first-order valence-electron chi connectivity index (χ1n) is 9.23. The van der Waals surface area contributed by atoms with Gasteiger partial charge in [-0.25, -0.2) is 0 Å². The number of methoxy groups -OCH3 is 1. The van der Waals surface area contributed by atoms with Gasteiger partial charge in [-0.1, -0.05) is 24.4 Å². The van der Waals surface area contributed by atoms with E-state index in [1.807, 2.05) is 6.92 Å². The van der Waals surface area contributed by atoms with E-state index >= 15 is 0 Å². The molecule has 6 nitrogen and oxygen atoms in total. The smallest absolute Gasteiger partial charge is 0.225 e. The Morgan fingerprint density at radius 2 is 2.00 bits per heavy atom. The van der Waals surface area contributed by atoms with Crippen molar-refractivity contribution in [2.45, 2.75) is 63.7 Å². The number of piperidine rings is 1. The number of nitrogens with zero attached hydrogens (tertiary/aromatic N) is 3. The number of carbonyl (C=O) groups excluding carboxylic acids is 1. The molecule has 3 rings (SSSR count). The lowest BCUT2D eigenvalue weighted by molar-refractivity contribution is -0.138. The van der Waals surface area contributed by atoms with Gasteiger partial charge in [0.1, 0.15) is 0 Å². The van der Waals surface area contributed by atoms with Gasteiger partial charge in [-0.05, 0) is 32.1 Å². The highest BCUT2D eigenvalue weighted by Gasteiger charge is 2.41. The third-order valence-corrected chi connectivity index (χ3v) is 5.77. The van der Waals surface area contributed by atoms with E-state index in [-0.39, 0.29) is 11.3 Å². The molecular formula is C18H29N3O3. The molecule has 6 heteroatoms. The first kappa shape index (κ1) is 17.4. The maximum Gasteiger partial charge on any atom is 0.225 e. The molecule has 0 N–H and O–H groups in total. The van der Waals surface area contributed by atoms with Crippen LogP contribution < -0.4 is 0 Å². The fourth-order valence-corrected chi connectivity index (χ4v) is 4.16. The molecule has 2 heterocycles. The van der Waals surface area contributed by atoms with Gasteiger partial charge in [-0.3, -0.25) is 4.79 Å². The Labute approximate surface area is 143 Å². The summed E-state index contributed by atoms with van der Waals surface area (Å²) >= 11 is 0. The Hall–Kier alpha value is -1.43. The third-order valence-electron chi connectivity index (χ3n) is 5.77. The molecule has 1 aliphatic carbocycles. The largest absolute Gasteiger partial charge is 0.385 e. The molecule has 2 aliphatic rings. The highest BCUT2D eigenvalue weighted by Crippen LogP contribution is 2.38. The van der Waals surface area contributed by atoms with Crippen LogP contribution in [0.25, 0.3) is 0 Å². The van der Waals surface area contributed by atoms with Gasteiger partial charge in [-0.2, -0.15) is 4.98 Å². The van der Waals surface area contributed by atoms with Crippen LogP contribution in [0.1, 0.15) is 63.1 Å². The second-order valence-corrected chi connectivity index (χ2v) is 7.32. The van der Waals surface area contributed by atoms with Crippen molar-refractivity contribution in [3.63, 3.8) is 0 Å². The summed E-state index contributed by atoms with van der Waals surface area (Å²) in [6.45, 7) is 4.06. The minimum atomic E-state index is -0.128. The van der Waals surface area contributed by atoms with E-state index in [1.54, 1.807) is 7.11 Å². The number of hydrogen-bond acceptors (Lipinski definition) is 5. The van der Waals surface area contributed by atoms with Crippen LogP contribution in [0.15, 0.2) is 4.52 Å². The second kappa shape index (κ2) is 7.64. The fourth-order valence-electron chi connectivity index (χ4n) is 4.16. The average molecular weight is 335 g/mol. The van der Waals surface area contributed by atoms with Gasteiger partial charge in [0.25, 0.3) is 0 Å². The number of amides is 1. The first-order chi connectivity index (χ1) is 11.6. The molecule has 0 bridgehead atoms. The fraction of sp³-hybridized carbons (Fsp3) is 0.833. The number of ether oxygens (including phenoxy) is 1. The topological polar surface area (TPSA) is 68.5 Å². The van der Waals surface area contributed by atoms with E-state index in [4.69, 9.17) is 9.26 Å². The van der Waals surface area contributed by atoms with Crippen LogP contribution in [-0.2, 0) is 14.9 Å². The number of carbonyl (C=O) groups is 1. The van der Waals surface area contributed by atoms with E-state index in [0.717, 1.165) is 51.0 Å². The van der Waals surface area contributed by atoms with Crippen molar-refractivity contribution >= 4 is 5.91 Å². The summed E-state index contributed by atoms with van der Waals surface area (Å²) in [6, 6.07) is 0. The molecule has 1 amide bonds. The van der Waals surface area contributed by atoms with E-state index in [2.05, 4.69) is 15.0 Å². The summed E-state index contributed by atoms with van der Waals surface area (Å²) in [7, 11) is 1.72. The number of rotatable bonds is 5.